The van der Waals surface area contributed by atoms with E-state index in [2.05, 4.69) is 49.9 Å². The highest BCUT2D eigenvalue weighted by Crippen LogP contribution is 2.31. The van der Waals surface area contributed by atoms with E-state index in [0.717, 1.165) is 19.4 Å². The van der Waals surface area contributed by atoms with Gasteiger partial charge in [-0.3, -0.25) is 0 Å². The molecule has 18 heavy (non-hydrogen) atoms. The van der Waals surface area contributed by atoms with Gasteiger partial charge in [-0.15, -0.1) is 0 Å². The lowest BCUT2D eigenvalue weighted by Gasteiger charge is -2.10. The van der Waals surface area contributed by atoms with Crippen LogP contribution in [0.4, 0.5) is 11.4 Å². The van der Waals surface area contributed by atoms with Gasteiger partial charge in [0.2, 0.25) is 0 Å². The van der Waals surface area contributed by atoms with E-state index in [1.807, 2.05) is 24.3 Å². The molecule has 2 nitrogen and oxygen atoms in total. The second-order valence-corrected chi connectivity index (χ2v) is 6.06. The highest BCUT2D eigenvalue weighted by Gasteiger charge is 2.05. The fourth-order valence-corrected chi connectivity index (χ4v) is 2.56. The van der Waals surface area contributed by atoms with Crippen LogP contribution >= 0.6 is 50.1 Å². The molecule has 0 aliphatic heterocycles. The molecule has 2 aromatic rings. The molecule has 0 spiro atoms. The van der Waals surface area contributed by atoms with Gasteiger partial charge in [-0.05, 0) is 74.9 Å². The smallest absolute Gasteiger partial charge is 0.0992 e. The Kier molecular flexibility index (Phi) is 4.49. The first kappa shape index (κ1) is 13.7. The number of rotatable bonds is 2. The molecule has 0 amide bonds. The number of anilines is 2. The maximum atomic E-state index is 8.81. The highest BCUT2D eigenvalue weighted by molar-refractivity contribution is 14.1. The highest BCUT2D eigenvalue weighted by atomic mass is 127. The standard InChI is InChI=1S/C13H7BrClIN2/c14-10-5-8(7-17)1-4-12(10)18-13-6-9(16)2-3-11(13)15/h1-6,18H. The fourth-order valence-electron chi connectivity index (χ4n) is 1.42. The third-order valence-electron chi connectivity index (χ3n) is 2.30. The number of nitrogens with one attached hydrogen (secondary N) is 1. The molecule has 2 aromatic carbocycles. The third-order valence-corrected chi connectivity index (χ3v) is 3.95. The van der Waals surface area contributed by atoms with Gasteiger partial charge in [-0.1, -0.05) is 11.6 Å². The molecule has 0 bridgehead atoms. The van der Waals surface area contributed by atoms with Crippen LogP contribution in [0.5, 0.6) is 0 Å². The molecular formula is C13H7BrClIN2. The molecule has 0 atom stereocenters. The fraction of sp³-hybridized carbons (Fsp3) is 0. The van der Waals surface area contributed by atoms with Crippen LogP contribution in [-0.2, 0) is 0 Å². The van der Waals surface area contributed by atoms with Gasteiger partial charge in [-0.25, -0.2) is 0 Å². The average molecular weight is 433 g/mol. The maximum absolute atomic E-state index is 8.81. The Morgan fingerprint density at radius 2 is 1.94 bits per heavy atom. The van der Waals surface area contributed by atoms with Crippen molar-refractivity contribution in [3.05, 3.63) is 55.0 Å². The minimum atomic E-state index is 0.612. The molecule has 0 unspecified atom stereocenters. The minimum Gasteiger partial charge on any atom is -0.353 e. The Morgan fingerprint density at radius 3 is 2.61 bits per heavy atom. The maximum Gasteiger partial charge on any atom is 0.0992 e. The van der Waals surface area contributed by atoms with E-state index in [-0.39, 0.29) is 0 Å². The van der Waals surface area contributed by atoms with Gasteiger partial charge >= 0.3 is 0 Å². The third kappa shape index (κ3) is 3.16. The summed E-state index contributed by atoms with van der Waals surface area (Å²) in [6.45, 7) is 0. The molecule has 5 heteroatoms. The quantitative estimate of drug-likeness (QED) is 0.651. The molecular weight excluding hydrogens is 426 g/mol. The van der Waals surface area contributed by atoms with Crippen molar-refractivity contribution < 1.29 is 0 Å². The lowest BCUT2D eigenvalue weighted by Crippen LogP contribution is -1.93. The van der Waals surface area contributed by atoms with Crippen LogP contribution in [0, 0.1) is 14.9 Å². The Bertz CT molecular complexity index is 637. The molecule has 90 valence electrons. The van der Waals surface area contributed by atoms with Crippen molar-refractivity contribution in [1.82, 2.24) is 0 Å². The summed E-state index contributed by atoms with van der Waals surface area (Å²) in [5.74, 6) is 0. The summed E-state index contributed by atoms with van der Waals surface area (Å²) in [4.78, 5) is 0. The topological polar surface area (TPSA) is 35.8 Å². The molecule has 2 rings (SSSR count). The van der Waals surface area contributed by atoms with Crippen LogP contribution in [0.25, 0.3) is 0 Å². The molecule has 0 saturated carbocycles. The number of hydrogen-bond acceptors (Lipinski definition) is 2. The van der Waals surface area contributed by atoms with Crippen LogP contribution in [0.2, 0.25) is 5.02 Å². The van der Waals surface area contributed by atoms with Gasteiger partial charge in [-0.2, -0.15) is 5.26 Å². The summed E-state index contributed by atoms with van der Waals surface area (Å²) in [5.41, 5.74) is 2.33. The van der Waals surface area contributed by atoms with E-state index in [9.17, 15) is 0 Å². The summed E-state index contributed by atoms with van der Waals surface area (Å²) < 4.78 is 1.93. The van der Waals surface area contributed by atoms with Gasteiger partial charge < -0.3 is 5.32 Å². The summed E-state index contributed by atoms with van der Waals surface area (Å²) in [6.07, 6.45) is 0. The SMILES string of the molecule is N#Cc1ccc(Nc2cc(I)ccc2Cl)c(Br)c1. The van der Waals surface area contributed by atoms with Crippen molar-refractivity contribution in [3.63, 3.8) is 0 Å². The first-order valence-corrected chi connectivity index (χ1v) is 7.27. The molecule has 0 aromatic heterocycles. The molecule has 0 aliphatic carbocycles. The Hall–Kier alpha value is -0.770. The minimum absolute atomic E-state index is 0.612. The normalized spacial score (nSPS) is 9.89. The van der Waals surface area contributed by atoms with Crippen molar-refractivity contribution in [2.45, 2.75) is 0 Å². The molecule has 0 heterocycles. The van der Waals surface area contributed by atoms with E-state index in [1.165, 1.54) is 0 Å². The number of hydrogen-bond donors (Lipinski definition) is 1. The summed E-state index contributed by atoms with van der Waals surface area (Å²) in [5, 5.41) is 12.7. The molecule has 0 aliphatic rings. The van der Waals surface area contributed by atoms with E-state index in [1.54, 1.807) is 12.1 Å². The largest absolute Gasteiger partial charge is 0.353 e. The molecule has 0 saturated heterocycles. The predicted octanol–water partition coefficient (Wildman–Crippen LogP) is 5.32. The van der Waals surface area contributed by atoms with E-state index in [0.29, 0.717) is 10.6 Å². The first-order chi connectivity index (χ1) is 8.60. The van der Waals surface area contributed by atoms with Crippen LogP contribution in [0.15, 0.2) is 40.9 Å². The van der Waals surface area contributed by atoms with Crippen LogP contribution in [-0.4, -0.2) is 0 Å². The number of nitriles is 1. The predicted molar refractivity (Wildman–Crippen MR) is 86.3 cm³/mol. The zero-order chi connectivity index (χ0) is 13.1. The summed E-state index contributed by atoms with van der Waals surface area (Å²) >= 11 is 11.8. The van der Waals surface area contributed by atoms with Crippen molar-refractivity contribution in [2.24, 2.45) is 0 Å². The Balaban J connectivity index is 2.34. The first-order valence-electron chi connectivity index (χ1n) is 5.02. The summed E-state index contributed by atoms with van der Waals surface area (Å²) in [6, 6.07) is 13.2. The molecule has 1 N–H and O–H groups in total. The number of nitrogens with zero attached hydrogens (tertiary/aromatic N) is 1. The van der Waals surface area contributed by atoms with E-state index in [4.69, 9.17) is 16.9 Å². The van der Waals surface area contributed by atoms with Gasteiger partial charge in [0.05, 0.1) is 28.0 Å². The Labute approximate surface area is 132 Å². The molecule has 0 radical (unpaired) electrons. The lowest BCUT2D eigenvalue weighted by atomic mass is 10.2. The van der Waals surface area contributed by atoms with E-state index >= 15 is 0 Å². The number of halogens is 3. The van der Waals surface area contributed by atoms with Gasteiger partial charge in [0, 0.05) is 8.04 Å². The Morgan fingerprint density at radius 1 is 1.17 bits per heavy atom. The van der Waals surface area contributed by atoms with Crippen molar-refractivity contribution >= 4 is 61.5 Å². The van der Waals surface area contributed by atoms with Gasteiger partial charge in [0.15, 0.2) is 0 Å². The monoisotopic (exact) mass is 432 g/mol. The molecule has 0 fully saturated rings. The van der Waals surface area contributed by atoms with E-state index < -0.39 is 0 Å². The zero-order valence-corrected chi connectivity index (χ0v) is 13.5. The average Bonchev–Trinajstić information content (AvgIpc) is 2.36. The van der Waals surface area contributed by atoms with Crippen molar-refractivity contribution in [3.8, 4) is 6.07 Å². The second kappa shape index (κ2) is 5.91. The zero-order valence-electron chi connectivity index (χ0n) is 9.05. The van der Waals surface area contributed by atoms with Crippen LogP contribution in [0.3, 0.4) is 0 Å². The van der Waals surface area contributed by atoms with Gasteiger partial charge in [0.25, 0.3) is 0 Å². The van der Waals surface area contributed by atoms with Crippen molar-refractivity contribution in [1.29, 1.82) is 5.26 Å². The number of benzene rings is 2. The lowest BCUT2D eigenvalue weighted by molar-refractivity contribution is 1.46. The second-order valence-electron chi connectivity index (χ2n) is 3.56. The van der Waals surface area contributed by atoms with Gasteiger partial charge in [0.1, 0.15) is 0 Å². The van der Waals surface area contributed by atoms with Crippen LogP contribution in [0.1, 0.15) is 5.56 Å². The van der Waals surface area contributed by atoms with Crippen molar-refractivity contribution in [2.75, 3.05) is 5.32 Å². The van der Waals surface area contributed by atoms with Crippen LogP contribution < -0.4 is 5.32 Å². The summed E-state index contributed by atoms with van der Waals surface area (Å²) in [7, 11) is 0.